The lowest BCUT2D eigenvalue weighted by Gasteiger charge is -2.39. The molecule has 2 atom stereocenters. The van der Waals surface area contributed by atoms with Crippen LogP contribution in [-0.4, -0.2) is 41.0 Å². The van der Waals surface area contributed by atoms with E-state index in [0.717, 1.165) is 30.5 Å². The molecule has 3 aliphatic rings. The maximum absolute atomic E-state index is 13.0. The van der Waals surface area contributed by atoms with Gasteiger partial charge in [0, 0.05) is 43.5 Å². The standard InChI is InChI=1S/C23H27N3O3/c27-22(12-15-6-7-15)24-19-10-11-26(14-18(19)16-4-2-1-3-5-16)23(28)21-13-20(25-29-21)17-8-9-17/h1-5,13,15,17-19H,6-12,14H2,(H,24,27). The molecule has 2 aromatic rings. The minimum atomic E-state index is -0.104. The summed E-state index contributed by atoms with van der Waals surface area (Å²) in [4.78, 5) is 27.3. The van der Waals surface area contributed by atoms with Crippen LogP contribution in [0.3, 0.4) is 0 Å². The first kappa shape index (κ1) is 18.4. The van der Waals surface area contributed by atoms with E-state index in [1.807, 2.05) is 23.1 Å². The summed E-state index contributed by atoms with van der Waals surface area (Å²) in [5, 5.41) is 7.33. The Balaban J connectivity index is 1.31. The van der Waals surface area contributed by atoms with Crippen LogP contribution in [0.25, 0.3) is 0 Å². The number of piperidine rings is 1. The number of carbonyl (C=O) groups is 2. The smallest absolute Gasteiger partial charge is 0.292 e. The molecule has 6 nitrogen and oxygen atoms in total. The van der Waals surface area contributed by atoms with E-state index in [1.165, 1.54) is 12.8 Å². The van der Waals surface area contributed by atoms with Gasteiger partial charge in [-0.05, 0) is 43.6 Å². The molecule has 29 heavy (non-hydrogen) atoms. The van der Waals surface area contributed by atoms with Crippen molar-refractivity contribution in [3.63, 3.8) is 0 Å². The van der Waals surface area contributed by atoms with Crippen molar-refractivity contribution in [1.82, 2.24) is 15.4 Å². The Morgan fingerprint density at radius 1 is 1.10 bits per heavy atom. The number of carbonyl (C=O) groups excluding carboxylic acids is 2. The van der Waals surface area contributed by atoms with Crippen molar-refractivity contribution in [3.8, 4) is 0 Å². The molecule has 2 heterocycles. The average Bonchev–Trinajstić information content (AvgIpc) is 3.68. The van der Waals surface area contributed by atoms with Gasteiger partial charge >= 0.3 is 0 Å². The first-order valence-corrected chi connectivity index (χ1v) is 10.8. The van der Waals surface area contributed by atoms with Crippen LogP contribution in [0.2, 0.25) is 0 Å². The number of amides is 2. The number of hydrogen-bond acceptors (Lipinski definition) is 4. The Kier molecular flexibility index (Phi) is 4.86. The monoisotopic (exact) mass is 393 g/mol. The van der Waals surface area contributed by atoms with Gasteiger partial charge in [0.15, 0.2) is 0 Å². The minimum Gasteiger partial charge on any atom is -0.353 e. The van der Waals surface area contributed by atoms with Gasteiger partial charge in [-0.1, -0.05) is 35.5 Å². The number of nitrogens with zero attached hydrogens (tertiary/aromatic N) is 2. The molecule has 5 rings (SSSR count). The molecule has 2 amide bonds. The van der Waals surface area contributed by atoms with Crippen molar-refractivity contribution in [2.45, 2.75) is 56.4 Å². The molecule has 0 bridgehead atoms. The van der Waals surface area contributed by atoms with Crippen LogP contribution in [0.4, 0.5) is 0 Å². The summed E-state index contributed by atoms with van der Waals surface area (Å²) in [5.41, 5.74) is 2.05. The molecule has 152 valence electrons. The van der Waals surface area contributed by atoms with Crippen LogP contribution in [-0.2, 0) is 4.79 Å². The van der Waals surface area contributed by atoms with Crippen molar-refractivity contribution in [2.75, 3.05) is 13.1 Å². The minimum absolute atomic E-state index is 0.0458. The molecule has 1 aromatic heterocycles. The highest BCUT2D eigenvalue weighted by Gasteiger charge is 2.36. The van der Waals surface area contributed by atoms with E-state index >= 15 is 0 Å². The number of rotatable bonds is 6. The van der Waals surface area contributed by atoms with Crippen molar-refractivity contribution in [1.29, 1.82) is 0 Å². The normalized spacial score (nSPS) is 24.3. The molecule has 2 aliphatic carbocycles. The Morgan fingerprint density at radius 3 is 2.62 bits per heavy atom. The second-order valence-electron chi connectivity index (χ2n) is 8.77. The van der Waals surface area contributed by atoms with Crippen molar-refractivity contribution in [3.05, 3.63) is 53.4 Å². The Labute approximate surface area is 170 Å². The Morgan fingerprint density at radius 2 is 1.90 bits per heavy atom. The molecule has 1 N–H and O–H groups in total. The fourth-order valence-corrected chi connectivity index (χ4v) is 4.31. The average molecular weight is 393 g/mol. The quantitative estimate of drug-likeness (QED) is 0.815. The summed E-state index contributed by atoms with van der Waals surface area (Å²) in [7, 11) is 0. The fraction of sp³-hybridized carbons (Fsp3) is 0.522. The topological polar surface area (TPSA) is 75.4 Å². The predicted octanol–water partition coefficient (Wildman–Crippen LogP) is 3.47. The number of aromatic nitrogens is 1. The number of nitrogens with one attached hydrogen (secondary N) is 1. The number of likely N-dealkylation sites (tertiary alicyclic amines) is 1. The van der Waals surface area contributed by atoms with Gasteiger partial charge in [0.2, 0.25) is 11.7 Å². The lowest BCUT2D eigenvalue weighted by atomic mass is 9.85. The van der Waals surface area contributed by atoms with Crippen LogP contribution >= 0.6 is 0 Å². The number of hydrogen-bond donors (Lipinski definition) is 1. The van der Waals surface area contributed by atoms with Crippen molar-refractivity contribution < 1.29 is 14.1 Å². The molecule has 1 saturated heterocycles. The zero-order valence-electron chi connectivity index (χ0n) is 16.5. The molecule has 2 saturated carbocycles. The molecule has 2 unspecified atom stereocenters. The van der Waals surface area contributed by atoms with Gasteiger partial charge < -0.3 is 14.7 Å². The largest absolute Gasteiger partial charge is 0.353 e. The van der Waals surface area contributed by atoms with Crippen molar-refractivity contribution in [2.24, 2.45) is 5.92 Å². The molecule has 0 spiro atoms. The molecule has 0 radical (unpaired) electrons. The van der Waals surface area contributed by atoms with E-state index in [2.05, 4.69) is 22.6 Å². The van der Waals surface area contributed by atoms with E-state index in [4.69, 9.17) is 4.52 Å². The lowest BCUT2D eigenvalue weighted by molar-refractivity contribution is -0.122. The van der Waals surface area contributed by atoms with Gasteiger partial charge in [-0.3, -0.25) is 9.59 Å². The lowest BCUT2D eigenvalue weighted by Crippen LogP contribution is -2.51. The van der Waals surface area contributed by atoms with Crippen LogP contribution in [0.5, 0.6) is 0 Å². The third-order valence-corrected chi connectivity index (χ3v) is 6.38. The zero-order chi connectivity index (χ0) is 19.8. The summed E-state index contributed by atoms with van der Waals surface area (Å²) in [6.45, 7) is 1.17. The summed E-state index contributed by atoms with van der Waals surface area (Å²) in [6, 6.07) is 12.0. The summed E-state index contributed by atoms with van der Waals surface area (Å²) >= 11 is 0. The Bertz CT molecular complexity index is 886. The van der Waals surface area contributed by atoms with Crippen LogP contribution < -0.4 is 5.32 Å². The highest BCUT2D eigenvalue weighted by atomic mass is 16.5. The van der Waals surface area contributed by atoms with E-state index in [0.29, 0.717) is 37.1 Å². The highest BCUT2D eigenvalue weighted by molar-refractivity contribution is 5.91. The Hall–Kier alpha value is -2.63. The molecule has 1 aliphatic heterocycles. The van der Waals surface area contributed by atoms with Gasteiger partial charge in [-0.25, -0.2) is 0 Å². The molecule has 3 fully saturated rings. The molecular weight excluding hydrogens is 366 g/mol. The van der Waals surface area contributed by atoms with Gasteiger partial charge in [0.05, 0.1) is 5.69 Å². The van der Waals surface area contributed by atoms with Gasteiger partial charge in [-0.15, -0.1) is 0 Å². The third-order valence-electron chi connectivity index (χ3n) is 6.38. The maximum Gasteiger partial charge on any atom is 0.292 e. The first-order chi connectivity index (χ1) is 14.2. The summed E-state index contributed by atoms with van der Waals surface area (Å²) in [6.07, 6.45) is 5.96. The van der Waals surface area contributed by atoms with E-state index in [9.17, 15) is 9.59 Å². The van der Waals surface area contributed by atoms with Crippen LogP contribution in [0, 0.1) is 5.92 Å². The zero-order valence-corrected chi connectivity index (χ0v) is 16.5. The molecule has 1 aromatic carbocycles. The molecule has 6 heteroatoms. The van der Waals surface area contributed by atoms with Gasteiger partial charge in [0.25, 0.3) is 5.91 Å². The second-order valence-corrected chi connectivity index (χ2v) is 8.77. The van der Waals surface area contributed by atoms with E-state index in [1.54, 1.807) is 6.07 Å². The first-order valence-electron chi connectivity index (χ1n) is 10.8. The summed E-state index contributed by atoms with van der Waals surface area (Å²) < 4.78 is 5.35. The second kappa shape index (κ2) is 7.65. The van der Waals surface area contributed by atoms with Crippen LogP contribution in [0.1, 0.15) is 72.2 Å². The maximum atomic E-state index is 13.0. The third kappa shape index (κ3) is 4.21. The van der Waals surface area contributed by atoms with E-state index in [-0.39, 0.29) is 23.8 Å². The SMILES string of the molecule is O=C(CC1CC1)NC1CCN(C(=O)c2cc(C3CC3)no2)CC1c1ccccc1. The highest BCUT2D eigenvalue weighted by Crippen LogP contribution is 2.39. The van der Waals surface area contributed by atoms with Gasteiger partial charge in [-0.2, -0.15) is 0 Å². The number of benzene rings is 1. The predicted molar refractivity (Wildman–Crippen MR) is 107 cm³/mol. The fourth-order valence-electron chi connectivity index (χ4n) is 4.31. The van der Waals surface area contributed by atoms with Crippen LogP contribution in [0.15, 0.2) is 40.9 Å². The van der Waals surface area contributed by atoms with Crippen molar-refractivity contribution >= 4 is 11.8 Å². The van der Waals surface area contributed by atoms with Gasteiger partial charge in [0.1, 0.15) is 0 Å². The molecular formula is C23H27N3O3. The van der Waals surface area contributed by atoms with E-state index < -0.39 is 0 Å². The summed E-state index contributed by atoms with van der Waals surface area (Å²) in [5.74, 6) is 1.47.